The van der Waals surface area contributed by atoms with E-state index in [0.717, 1.165) is 17.1 Å². The van der Waals surface area contributed by atoms with Gasteiger partial charge in [-0.15, -0.1) is 10.2 Å². The van der Waals surface area contributed by atoms with Crippen LogP contribution in [0.2, 0.25) is 0 Å². The summed E-state index contributed by atoms with van der Waals surface area (Å²) in [4.78, 5) is 26.4. The standard InChI is InChI=1S/C18H22N4O2S/c1-4-18(2,3)16(24)19-17-21-20-15(25-17)12-10-14(23)22(11-12)13-8-6-5-7-9-13/h5-9,12H,4,10-11H2,1-3H3,(H,19,21,24). The van der Waals surface area contributed by atoms with E-state index in [1.54, 1.807) is 4.90 Å². The smallest absolute Gasteiger partial charge is 0.231 e. The van der Waals surface area contributed by atoms with Crippen molar-refractivity contribution in [2.24, 2.45) is 5.41 Å². The Labute approximate surface area is 151 Å². The highest BCUT2D eigenvalue weighted by atomic mass is 32.1. The first-order valence-corrected chi connectivity index (χ1v) is 9.22. The van der Waals surface area contributed by atoms with Crippen LogP contribution >= 0.6 is 11.3 Å². The molecule has 1 aromatic carbocycles. The van der Waals surface area contributed by atoms with E-state index in [1.165, 1.54) is 11.3 Å². The van der Waals surface area contributed by atoms with Crippen molar-refractivity contribution < 1.29 is 9.59 Å². The van der Waals surface area contributed by atoms with Gasteiger partial charge in [-0.3, -0.25) is 9.59 Å². The number of aromatic nitrogens is 2. The molecule has 0 aliphatic carbocycles. The molecule has 1 aliphatic rings. The number of anilines is 2. The van der Waals surface area contributed by atoms with Crippen molar-refractivity contribution in [1.82, 2.24) is 10.2 Å². The number of carbonyl (C=O) groups excluding carboxylic acids is 2. The number of rotatable bonds is 5. The Morgan fingerprint density at radius 1 is 1.32 bits per heavy atom. The Balaban J connectivity index is 1.69. The van der Waals surface area contributed by atoms with Gasteiger partial charge in [0.15, 0.2) is 0 Å². The Morgan fingerprint density at radius 3 is 2.72 bits per heavy atom. The highest BCUT2D eigenvalue weighted by Crippen LogP contribution is 2.34. The molecule has 0 spiro atoms. The Bertz CT molecular complexity index is 772. The van der Waals surface area contributed by atoms with Crippen molar-refractivity contribution in [3.63, 3.8) is 0 Å². The van der Waals surface area contributed by atoms with Gasteiger partial charge in [-0.05, 0) is 18.6 Å². The number of amides is 2. The van der Waals surface area contributed by atoms with Gasteiger partial charge in [0.25, 0.3) is 0 Å². The van der Waals surface area contributed by atoms with Gasteiger partial charge < -0.3 is 10.2 Å². The molecular formula is C18H22N4O2S. The van der Waals surface area contributed by atoms with Crippen LogP contribution in [0.1, 0.15) is 44.5 Å². The third-order valence-electron chi connectivity index (χ3n) is 4.70. The number of hydrogen-bond acceptors (Lipinski definition) is 5. The van der Waals surface area contributed by atoms with Crippen LogP contribution < -0.4 is 10.2 Å². The minimum atomic E-state index is -0.445. The minimum Gasteiger partial charge on any atom is -0.312 e. The summed E-state index contributed by atoms with van der Waals surface area (Å²) >= 11 is 1.35. The lowest BCUT2D eigenvalue weighted by atomic mass is 9.89. The van der Waals surface area contributed by atoms with E-state index in [1.807, 2.05) is 51.1 Å². The van der Waals surface area contributed by atoms with E-state index in [4.69, 9.17) is 0 Å². The second kappa shape index (κ2) is 6.92. The molecule has 25 heavy (non-hydrogen) atoms. The van der Waals surface area contributed by atoms with Gasteiger partial charge in [-0.2, -0.15) is 0 Å². The molecule has 0 bridgehead atoms. The van der Waals surface area contributed by atoms with E-state index in [-0.39, 0.29) is 17.7 Å². The normalized spacial score (nSPS) is 17.8. The first-order valence-electron chi connectivity index (χ1n) is 8.41. The number of nitrogens with one attached hydrogen (secondary N) is 1. The molecular weight excluding hydrogens is 336 g/mol. The summed E-state index contributed by atoms with van der Waals surface area (Å²) < 4.78 is 0. The summed E-state index contributed by atoms with van der Waals surface area (Å²) in [6.45, 7) is 6.37. The van der Waals surface area contributed by atoms with Gasteiger partial charge in [-0.25, -0.2) is 0 Å². The van der Waals surface area contributed by atoms with Crippen LogP contribution in [0.15, 0.2) is 30.3 Å². The summed E-state index contributed by atoms with van der Waals surface area (Å²) in [5, 5.41) is 12.4. The molecule has 1 saturated heterocycles. The van der Waals surface area contributed by atoms with Gasteiger partial charge in [-0.1, -0.05) is 50.3 Å². The van der Waals surface area contributed by atoms with Crippen LogP contribution in [-0.2, 0) is 9.59 Å². The molecule has 1 N–H and O–H groups in total. The average molecular weight is 358 g/mol. The van der Waals surface area contributed by atoms with Crippen LogP contribution in [0.4, 0.5) is 10.8 Å². The summed E-state index contributed by atoms with van der Waals surface area (Å²) in [6, 6.07) is 9.63. The predicted molar refractivity (Wildman–Crippen MR) is 98.8 cm³/mol. The maximum Gasteiger partial charge on any atom is 0.231 e. The number of benzene rings is 1. The van der Waals surface area contributed by atoms with E-state index in [2.05, 4.69) is 15.5 Å². The maximum atomic E-state index is 12.3. The lowest BCUT2D eigenvalue weighted by molar-refractivity contribution is -0.124. The summed E-state index contributed by atoms with van der Waals surface area (Å²) in [5.74, 6) is 0.0326. The van der Waals surface area contributed by atoms with E-state index < -0.39 is 5.41 Å². The quantitative estimate of drug-likeness (QED) is 0.888. The molecule has 132 valence electrons. The molecule has 0 radical (unpaired) electrons. The zero-order valence-corrected chi connectivity index (χ0v) is 15.5. The van der Waals surface area contributed by atoms with Gasteiger partial charge in [0.05, 0.1) is 0 Å². The van der Waals surface area contributed by atoms with E-state index >= 15 is 0 Å². The highest BCUT2D eigenvalue weighted by molar-refractivity contribution is 7.15. The molecule has 7 heteroatoms. The van der Waals surface area contributed by atoms with Crippen LogP contribution in [0, 0.1) is 5.41 Å². The number of nitrogens with zero attached hydrogens (tertiary/aromatic N) is 3. The van der Waals surface area contributed by atoms with E-state index in [0.29, 0.717) is 18.1 Å². The second-order valence-corrected chi connectivity index (χ2v) is 7.89. The van der Waals surface area contributed by atoms with Gasteiger partial charge in [0.1, 0.15) is 5.01 Å². The fourth-order valence-electron chi connectivity index (χ4n) is 2.61. The fraction of sp³-hybridized carbons (Fsp3) is 0.444. The third kappa shape index (κ3) is 3.71. The molecule has 1 fully saturated rings. The molecule has 6 nitrogen and oxygen atoms in total. The topological polar surface area (TPSA) is 75.2 Å². The van der Waals surface area contributed by atoms with Crippen LogP contribution in [0.3, 0.4) is 0 Å². The lowest BCUT2D eigenvalue weighted by Crippen LogP contribution is -2.29. The van der Waals surface area contributed by atoms with Crippen molar-refractivity contribution in [3.8, 4) is 0 Å². The van der Waals surface area contributed by atoms with Crippen LogP contribution in [-0.4, -0.2) is 28.6 Å². The minimum absolute atomic E-state index is 0.00930. The van der Waals surface area contributed by atoms with Crippen molar-refractivity contribution in [2.45, 2.75) is 39.5 Å². The van der Waals surface area contributed by atoms with Gasteiger partial charge in [0.2, 0.25) is 16.9 Å². The van der Waals surface area contributed by atoms with Crippen molar-refractivity contribution >= 4 is 34.0 Å². The average Bonchev–Trinajstić information content (AvgIpc) is 3.22. The van der Waals surface area contributed by atoms with Crippen molar-refractivity contribution in [1.29, 1.82) is 0 Å². The monoisotopic (exact) mass is 358 g/mol. The summed E-state index contributed by atoms with van der Waals surface area (Å²) in [6.07, 6.45) is 1.16. The van der Waals surface area contributed by atoms with Crippen LogP contribution in [0.25, 0.3) is 0 Å². The van der Waals surface area contributed by atoms with E-state index in [9.17, 15) is 9.59 Å². The van der Waals surface area contributed by atoms with Gasteiger partial charge >= 0.3 is 0 Å². The molecule has 1 unspecified atom stereocenters. The van der Waals surface area contributed by atoms with Crippen molar-refractivity contribution in [2.75, 3.05) is 16.8 Å². The second-order valence-electron chi connectivity index (χ2n) is 6.88. The molecule has 2 aromatic rings. The highest BCUT2D eigenvalue weighted by Gasteiger charge is 2.34. The predicted octanol–water partition coefficient (Wildman–Crippen LogP) is 3.43. The number of carbonyl (C=O) groups is 2. The van der Waals surface area contributed by atoms with Crippen LogP contribution in [0.5, 0.6) is 0 Å². The lowest BCUT2D eigenvalue weighted by Gasteiger charge is -2.20. The summed E-state index contributed by atoms with van der Waals surface area (Å²) in [7, 11) is 0. The first-order chi connectivity index (χ1) is 11.9. The SMILES string of the molecule is CCC(C)(C)C(=O)Nc1nnc(C2CC(=O)N(c3ccccc3)C2)s1. The molecule has 1 aliphatic heterocycles. The molecule has 1 aromatic heterocycles. The largest absolute Gasteiger partial charge is 0.312 e. The fourth-order valence-corrected chi connectivity index (χ4v) is 3.44. The number of hydrogen-bond donors (Lipinski definition) is 1. The molecule has 0 saturated carbocycles. The first kappa shape index (κ1) is 17.5. The zero-order valence-electron chi connectivity index (χ0n) is 14.7. The maximum absolute atomic E-state index is 12.3. The number of para-hydroxylation sites is 1. The summed E-state index contributed by atoms with van der Waals surface area (Å²) in [5.41, 5.74) is 0.456. The molecule has 2 amide bonds. The van der Waals surface area contributed by atoms with Gasteiger partial charge in [0, 0.05) is 30.0 Å². The Morgan fingerprint density at radius 2 is 2.04 bits per heavy atom. The third-order valence-corrected chi connectivity index (χ3v) is 5.70. The molecule has 2 heterocycles. The molecule has 1 atom stereocenters. The van der Waals surface area contributed by atoms with Crippen molar-refractivity contribution in [3.05, 3.63) is 35.3 Å². The Kier molecular flexibility index (Phi) is 4.85. The Hall–Kier alpha value is -2.28. The zero-order chi connectivity index (χ0) is 18.0. The molecule has 3 rings (SSSR count).